The third kappa shape index (κ3) is 3.20. The van der Waals surface area contributed by atoms with E-state index in [1.54, 1.807) is 12.6 Å². The first kappa shape index (κ1) is 15.4. The number of hydrogen-bond donors (Lipinski definition) is 0. The number of nitrogens with zero attached hydrogens (tertiary/aromatic N) is 4. The fourth-order valence-corrected chi connectivity index (χ4v) is 3.81. The topological polar surface area (TPSA) is 68.1 Å². The maximum Gasteiger partial charge on any atom is 0.246 e. The van der Waals surface area contributed by atoms with Crippen molar-refractivity contribution in [3.8, 4) is 0 Å². The molecule has 0 bridgehead atoms. The number of thiazole rings is 1. The Labute approximate surface area is 127 Å². The van der Waals surface area contributed by atoms with E-state index in [1.807, 2.05) is 6.92 Å². The first-order valence-corrected chi connectivity index (χ1v) is 8.74. The van der Waals surface area contributed by atoms with Gasteiger partial charge in [-0.1, -0.05) is 0 Å². The summed E-state index contributed by atoms with van der Waals surface area (Å²) in [4.78, 5) is 5.23. The standard InChI is InChI=1S/C11H15ClN4O2S2/c1-9-11(19-8-13-9)7-15(2)20(17,18)10-5-14-16(6-10)4-3-12/h5-6,8H,3-4,7H2,1-2H3. The summed E-state index contributed by atoms with van der Waals surface area (Å²) in [5, 5.41) is 3.99. The minimum atomic E-state index is -3.54. The van der Waals surface area contributed by atoms with Crippen LogP contribution in [0.25, 0.3) is 0 Å². The van der Waals surface area contributed by atoms with Crippen LogP contribution in [0, 0.1) is 6.92 Å². The Morgan fingerprint density at radius 3 is 2.85 bits per heavy atom. The van der Waals surface area contributed by atoms with Crippen LogP contribution in [0.3, 0.4) is 0 Å². The normalized spacial score (nSPS) is 12.2. The highest BCUT2D eigenvalue weighted by molar-refractivity contribution is 7.89. The molecule has 6 nitrogen and oxygen atoms in total. The third-order valence-electron chi connectivity index (χ3n) is 2.84. The van der Waals surface area contributed by atoms with Gasteiger partial charge >= 0.3 is 0 Å². The van der Waals surface area contributed by atoms with Gasteiger partial charge in [0.1, 0.15) is 4.90 Å². The zero-order chi connectivity index (χ0) is 14.8. The molecule has 2 aromatic rings. The van der Waals surface area contributed by atoms with Gasteiger partial charge in [-0.15, -0.1) is 22.9 Å². The number of halogens is 1. The van der Waals surface area contributed by atoms with Gasteiger partial charge in [-0.05, 0) is 6.92 Å². The number of aromatic nitrogens is 3. The van der Waals surface area contributed by atoms with Crippen molar-refractivity contribution in [1.29, 1.82) is 0 Å². The minimum Gasteiger partial charge on any atom is -0.270 e. The van der Waals surface area contributed by atoms with E-state index in [0.717, 1.165) is 10.6 Å². The molecule has 0 aliphatic carbocycles. The lowest BCUT2D eigenvalue weighted by Crippen LogP contribution is -2.26. The fourth-order valence-electron chi connectivity index (χ4n) is 1.63. The molecule has 0 spiro atoms. The van der Waals surface area contributed by atoms with Gasteiger partial charge in [0.05, 0.1) is 23.9 Å². The number of rotatable bonds is 6. The molecular weight excluding hydrogens is 320 g/mol. The maximum absolute atomic E-state index is 12.4. The van der Waals surface area contributed by atoms with E-state index >= 15 is 0 Å². The monoisotopic (exact) mass is 334 g/mol. The second kappa shape index (κ2) is 6.21. The van der Waals surface area contributed by atoms with Crippen molar-refractivity contribution in [2.24, 2.45) is 0 Å². The quantitative estimate of drug-likeness (QED) is 0.754. The first-order chi connectivity index (χ1) is 9.45. The molecule has 0 aliphatic heterocycles. The van der Waals surface area contributed by atoms with Gasteiger partial charge in [0.25, 0.3) is 0 Å². The van der Waals surface area contributed by atoms with Crippen molar-refractivity contribution in [1.82, 2.24) is 19.1 Å². The van der Waals surface area contributed by atoms with Crippen LogP contribution in [0.4, 0.5) is 0 Å². The van der Waals surface area contributed by atoms with E-state index in [0.29, 0.717) is 19.0 Å². The van der Waals surface area contributed by atoms with E-state index in [1.165, 1.54) is 32.7 Å². The number of sulfonamides is 1. The Bertz CT molecular complexity index is 680. The SMILES string of the molecule is Cc1ncsc1CN(C)S(=O)(=O)c1cnn(CCCl)c1. The fraction of sp³-hybridized carbons (Fsp3) is 0.455. The number of aryl methyl sites for hydroxylation is 2. The average Bonchev–Trinajstić information content (AvgIpc) is 3.00. The highest BCUT2D eigenvalue weighted by atomic mass is 35.5. The molecule has 0 aliphatic rings. The average molecular weight is 335 g/mol. The lowest BCUT2D eigenvalue weighted by Gasteiger charge is -2.15. The van der Waals surface area contributed by atoms with Gasteiger partial charge in [-0.3, -0.25) is 4.68 Å². The summed E-state index contributed by atoms with van der Waals surface area (Å²) in [7, 11) is -1.99. The van der Waals surface area contributed by atoms with Crippen molar-refractivity contribution >= 4 is 33.0 Å². The molecule has 2 heterocycles. The molecule has 0 radical (unpaired) electrons. The Hall–Kier alpha value is -0.960. The van der Waals surface area contributed by atoms with Gasteiger partial charge in [0.2, 0.25) is 10.0 Å². The Morgan fingerprint density at radius 1 is 1.50 bits per heavy atom. The second-order valence-corrected chi connectivity index (χ2v) is 7.61. The van der Waals surface area contributed by atoms with E-state index in [4.69, 9.17) is 11.6 Å². The summed E-state index contributed by atoms with van der Waals surface area (Å²) in [6.45, 7) is 2.65. The lowest BCUT2D eigenvalue weighted by molar-refractivity contribution is 0.468. The molecule has 0 amide bonds. The number of hydrogen-bond acceptors (Lipinski definition) is 5. The van der Waals surface area contributed by atoms with Crippen LogP contribution >= 0.6 is 22.9 Å². The van der Waals surface area contributed by atoms with E-state index in [9.17, 15) is 8.42 Å². The van der Waals surface area contributed by atoms with Crippen LogP contribution in [-0.4, -0.2) is 40.4 Å². The van der Waals surface area contributed by atoms with Crippen LogP contribution in [-0.2, 0) is 23.1 Å². The molecule has 0 fully saturated rings. The van der Waals surface area contributed by atoms with Crippen molar-refractivity contribution in [3.05, 3.63) is 28.5 Å². The largest absolute Gasteiger partial charge is 0.270 e. The highest BCUT2D eigenvalue weighted by Gasteiger charge is 2.23. The van der Waals surface area contributed by atoms with Crippen LogP contribution < -0.4 is 0 Å². The molecule has 0 aromatic carbocycles. The molecule has 0 atom stereocenters. The van der Waals surface area contributed by atoms with Gasteiger partial charge in [0, 0.05) is 30.5 Å². The van der Waals surface area contributed by atoms with Crippen LogP contribution in [0.15, 0.2) is 22.8 Å². The van der Waals surface area contributed by atoms with Gasteiger partial charge in [0.15, 0.2) is 0 Å². The highest BCUT2D eigenvalue weighted by Crippen LogP contribution is 2.19. The summed E-state index contributed by atoms with van der Waals surface area (Å²) >= 11 is 7.06. The van der Waals surface area contributed by atoms with E-state index < -0.39 is 10.0 Å². The molecule has 2 rings (SSSR count). The predicted molar refractivity (Wildman–Crippen MR) is 78.5 cm³/mol. The minimum absolute atomic E-state index is 0.173. The summed E-state index contributed by atoms with van der Waals surface area (Å²) in [5.74, 6) is 0.386. The lowest BCUT2D eigenvalue weighted by atomic mass is 10.4. The third-order valence-corrected chi connectivity index (χ3v) is 5.69. The predicted octanol–water partition coefficient (Wildman–Crippen LogP) is 1.71. The first-order valence-electron chi connectivity index (χ1n) is 5.89. The van der Waals surface area contributed by atoms with Crippen LogP contribution in [0.2, 0.25) is 0 Å². The zero-order valence-electron chi connectivity index (χ0n) is 11.2. The Kier molecular flexibility index (Phi) is 4.79. The van der Waals surface area contributed by atoms with Gasteiger partial charge in [-0.2, -0.15) is 9.40 Å². The summed E-state index contributed by atoms with van der Waals surface area (Å²) in [6, 6.07) is 0. The molecular formula is C11H15ClN4O2S2. The molecule has 0 unspecified atom stereocenters. The molecule has 2 aromatic heterocycles. The van der Waals surface area contributed by atoms with Crippen molar-refractivity contribution in [2.45, 2.75) is 24.9 Å². The molecule has 0 N–H and O–H groups in total. The van der Waals surface area contributed by atoms with Crippen molar-refractivity contribution in [3.63, 3.8) is 0 Å². The molecule has 0 saturated heterocycles. The summed E-state index contributed by atoms with van der Waals surface area (Å²) < 4.78 is 27.6. The molecule has 110 valence electrons. The summed E-state index contributed by atoms with van der Waals surface area (Å²) in [6.07, 6.45) is 2.84. The smallest absolute Gasteiger partial charge is 0.246 e. The van der Waals surface area contributed by atoms with E-state index in [2.05, 4.69) is 10.1 Å². The van der Waals surface area contributed by atoms with Gasteiger partial charge in [-0.25, -0.2) is 13.4 Å². The number of alkyl halides is 1. The zero-order valence-corrected chi connectivity index (χ0v) is 13.5. The van der Waals surface area contributed by atoms with Gasteiger partial charge < -0.3 is 0 Å². The molecule has 20 heavy (non-hydrogen) atoms. The van der Waals surface area contributed by atoms with Crippen molar-refractivity contribution < 1.29 is 8.42 Å². The summed E-state index contributed by atoms with van der Waals surface area (Å²) in [5.41, 5.74) is 2.57. The maximum atomic E-state index is 12.4. The second-order valence-electron chi connectivity index (χ2n) is 4.25. The molecule has 0 saturated carbocycles. The van der Waals surface area contributed by atoms with E-state index in [-0.39, 0.29) is 4.90 Å². The van der Waals surface area contributed by atoms with Crippen LogP contribution in [0.5, 0.6) is 0 Å². The Balaban J connectivity index is 2.18. The Morgan fingerprint density at radius 2 is 2.25 bits per heavy atom. The molecule has 9 heteroatoms. The van der Waals surface area contributed by atoms with Crippen molar-refractivity contribution in [2.75, 3.05) is 12.9 Å². The van der Waals surface area contributed by atoms with Crippen LogP contribution in [0.1, 0.15) is 10.6 Å².